The van der Waals surface area contributed by atoms with E-state index >= 15 is 0 Å². The quantitative estimate of drug-likeness (QED) is 0.638. The van der Waals surface area contributed by atoms with Crippen LogP contribution in [0.5, 0.6) is 5.75 Å². The summed E-state index contributed by atoms with van der Waals surface area (Å²) in [4.78, 5) is 31.2. The number of hydrogen-bond donors (Lipinski definition) is 1. The molecular formula is C26H37N3O3S. The van der Waals surface area contributed by atoms with Gasteiger partial charge in [0.05, 0.1) is 6.04 Å². The molecule has 1 atom stereocenters. The van der Waals surface area contributed by atoms with E-state index in [1.807, 2.05) is 58.6 Å². The van der Waals surface area contributed by atoms with Crippen molar-refractivity contribution in [2.45, 2.75) is 72.5 Å². The fourth-order valence-corrected chi connectivity index (χ4v) is 5.10. The van der Waals surface area contributed by atoms with E-state index in [1.165, 1.54) is 10.4 Å². The number of carbonyl (C=O) groups excluding carboxylic acids is 2. The molecule has 0 saturated heterocycles. The lowest BCUT2D eigenvalue weighted by molar-refractivity contribution is -0.136. The summed E-state index contributed by atoms with van der Waals surface area (Å²) in [6.45, 7) is 14.8. The number of nitrogens with one attached hydrogen (secondary N) is 1. The molecule has 1 unspecified atom stereocenters. The first-order chi connectivity index (χ1) is 15.5. The van der Waals surface area contributed by atoms with Crippen molar-refractivity contribution in [2.24, 2.45) is 0 Å². The Morgan fingerprint density at radius 2 is 1.97 bits per heavy atom. The number of hydrogen-bond acceptors (Lipinski definition) is 4. The Morgan fingerprint density at radius 3 is 2.61 bits per heavy atom. The number of ether oxygens (including phenoxy) is 1. The Labute approximate surface area is 201 Å². The highest BCUT2D eigenvalue weighted by molar-refractivity contribution is 7.10. The molecule has 0 saturated carbocycles. The van der Waals surface area contributed by atoms with Gasteiger partial charge in [-0.2, -0.15) is 0 Å². The molecule has 3 amide bonds. The van der Waals surface area contributed by atoms with Gasteiger partial charge in [-0.3, -0.25) is 4.79 Å². The van der Waals surface area contributed by atoms with Crippen LogP contribution in [-0.4, -0.2) is 53.0 Å². The van der Waals surface area contributed by atoms with E-state index in [0.717, 1.165) is 23.3 Å². The van der Waals surface area contributed by atoms with Crippen LogP contribution in [0.2, 0.25) is 0 Å². The van der Waals surface area contributed by atoms with Crippen LogP contribution in [0.3, 0.4) is 0 Å². The zero-order valence-corrected chi connectivity index (χ0v) is 21.7. The SMILES string of the molecule is Cc1ccc(OCC2c3ccsc3CCN2C(=O)CN(C(=O)NC(C)C)C(C)(C)C)c(C)c1. The van der Waals surface area contributed by atoms with Crippen molar-refractivity contribution in [3.63, 3.8) is 0 Å². The average molecular weight is 472 g/mol. The van der Waals surface area contributed by atoms with Crippen molar-refractivity contribution < 1.29 is 14.3 Å². The number of amides is 3. The molecule has 0 bridgehead atoms. The number of aryl methyl sites for hydroxylation is 2. The molecule has 0 fully saturated rings. The maximum absolute atomic E-state index is 13.6. The molecule has 33 heavy (non-hydrogen) atoms. The van der Waals surface area contributed by atoms with Gasteiger partial charge >= 0.3 is 6.03 Å². The smallest absolute Gasteiger partial charge is 0.318 e. The van der Waals surface area contributed by atoms with Crippen molar-refractivity contribution in [1.29, 1.82) is 0 Å². The molecule has 3 rings (SSSR count). The maximum Gasteiger partial charge on any atom is 0.318 e. The number of thiophene rings is 1. The third-order valence-corrected chi connectivity index (χ3v) is 6.90. The van der Waals surface area contributed by atoms with Crippen LogP contribution in [0.25, 0.3) is 0 Å². The monoisotopic (exact) mass is 471 g/mol. The van der Waals surface area contributed by atoms with Gasteiger partial charge < -0.3 is 19.9 Å². The van der Waals surface area contributed by atoms with Crippen LogP contribution in [0.15, 0.2) is 29.6 Å². The molecule has 0 spiro atoms. The van der Waals surface area contributed by atoms with Gasteiger partial charge in [-0.25, -0.2) is 4.79 Å². The predicted molar refractivity (Wildman–Crippen MR) is 134 cm³/mol. The summed E-state index contributed by atoms with van der Waals surface area (Å²) in [6.07, 6.45) is 0.826. The van der Waals surface area contributed by atoms with E-state index in [1.54, 1.807) is 16.2 Å². The summed E-state index contributed by atoms with van der Waals surface area (Å²) >= 11 is 1.73. The van der Waals surface area contributed by atoms with Crippen LogP contribution in [0, 0.1) is 13.8 Å². The molecule has 0 radical (unpaired) electrons. The summed E-state index contributed by atoms with van der Waals surface area (Å²) in [5.41, 5.74) is 2.94. The van der Waals surface area contributed by atoms with Crippen molar-refractivity contribution in [2.75, 3.05) is 19.7 Å². The summed E-state index contributed by atoms with van der Waals surface area (Å²) in [7, 11) is 0. The van der Waals surface area contributed by atoms with Crippen molar-refractivity contribution >= 4 is 23.3 Å². The molecule has 2 heterocycles. The van der Waals surface area contributed by atoms with Crippen molar-refractivity contribution in [3.05, 3.63) is 51.2 Å². The lowest BCUT2D eigenvalue weighted by Crippen LogP contribution is -2.56. The van der Waals surface area contributed by atoms with Crippen molar-refractivity contribution in [3.8, 4) is 5.75 Å². The second-order valence-electron chi connectivity index (χ2n) is 10.1. The van der Waals surface area contributed by atoms with Gasteiger partial charge in [0.15, 0.2) is 0 Å². The van der Waals surface area contributed by atoms with Crippen LogP contribution in [0.1, 0.15) is 62.2 Å². The number of benzene rings is 1. The summed E-state index contributed by atoms with van der Waals surface area (Å²) in [5.74, 6) is 0.776. The van der Waals surface area contributed by atoms with Gasteiger partial charge in [-0.1, -0.05) is 17.7 Å². The second-order valence-corrected chi connectivity index (χ2v) is 11.1. The fourth-order valence-electron chi connectivity index (χ4n) is 4.17. The van der Waals surface area contributed by atoms with Crippen LogP contribution in [-0.2, 0) is 11.2 Å². The van der Waals surface area contributed by atoms with Gasteiger partial charge in [0.1, 0.15) is 18.9 Å². The minimum atomic E-state index is -0.483. The first kappa shape index (κ1) is 25.1. The Kier molecular flexibility index (Phi) is 7.73. The second kappa shape index (κ2) is 10.2. The Morgan fingerprint density at radius 1 is 1.24 bits per heavy atom. The molecule has 2 aromatic rings. The molecule has 1 aliphatic rings. The molecule has 1 aromatic heterocycles. The topological polar surface area (TPSA) is 61.9 Å². The molecule has 7 heteroatoms. The van der Waals surface area contributed by atoms with E-state index in [2.05, 4.69) is 29.8 Å². The molecule has 1 aromatic carbocycles. The van der Waals surface area contributed by atoms with E-state index in [0.29, 0.717) is 13.2 Å². The number of urea groups is 1. The van der Waals surface area contributed by atoms with Gasteiger partial charge in [0.2, 0.25) is 5.91 Å². The highest BCUT2D eigenvalue weighted by Gasteiger charge is 2.36. The normalized spacial score (nSPS) is 15.9. The van der Waals surface area contributed by atoms with Crippen LogP contribution in [0.4, 0.5) is 4.79 Å². The molecule has 1 aliphatic heterocycles. The summed E-state index contributed by atoms with van der Waals surface area (Å²) in [5, 5.41) is 5.01. The predicted octanol–water partition coefficient (Wildman–Crippen LogP) is 5.09. The number of carbonyl (C=O) groups is 2. The third kappa shape index (κ3) is 6.08. The molecular weight excluding hydrogens is 434 g/mol. The van der Waals surface area contributed by atoms with Gasteiger partial charge in [-0.05, 0) is 83.5 Å². The van der Waals surface area contributed by atoms with Gasteiger partial charge in [-0.15, -0.1) is 11.3 Å². The van der Waals surface area contributed by atoms with E-state index in [4.69, 9.17) is 4.74 Å². The average Bonchev–Trinajstić information content (AvgIpc) is 3.18. The number of nitrogens with zero attached hydrogens (tertiary/aromatic N) is 2. The Balaban J connectivity index is 1.81. The zero-order valence-electron chi connectivity index (χ0n) is 20.9. The molecule has 1 N–H and O–H groups in total. The van der Waals surface area contributed by atoms with E-state index < -0.39 is 5.54 Å². The summed E-state index contributed by atoms with van der Waals surface area (Å²) in [6, 6.07) is 7.83. The van der Waals surface area contributed by atoms with Crippen LogP contribution < -0.4 is 10.1 Å². The van der Waals surface area contributed by atoms with Crippen molar-refractivity contribution in [1.82, 2.24) is 15.1 Å². The lowest BCUT2D eigenvalue weighted by Gasteiger charge is -2.40. The fraction of sp³-hybridized carbons (Fsp3) is 0.538. The minimum absolute atomic E-state index is 0.000277. The highest BCUT2D eigenvalue weighted by atomic mass is 32.1. The Hall–Kier alpha value is -2.54. The minimum Gasteiger partial charge on any atom is -0.491 e. The number of fused-ring (bicyclic) bond motifs is 1. The molecule has 6 nitrogen and oxygen atoms in total. The van der Waals surface area contributed by atoms with Gasteiger partial charge in [0, 0.05) is 23.0 Å². The third-order valence-electron chi connectivity index (χ3n) is 5.90. The first-order valence-electron chi connectivity index (χ1n) is 11.6. The lowest BCUT2D eigenvalue weighted by atomic mass is 10.00. The van der Waals surface area contributed by atoms with Crippen LogP contribution >= 0.6 is 11.3 Å². The van der Waals surface area contributed by atoms with Gasteiger partial charge in [0.25, 0.3) is 0 Å². The summed E-state index contributed by atoms with van der Waals surface area (Å²) < 4.78 is 6.23. The molecule has 0 aliphatic carbocycles. The molecule has 180 valence electrons. The number of rotatable bonds is 6. The zero-order chi connectivity index (χ0) is 24.3. The highest BCUT2D eigenvalue weighted by Crippen LogP contribution is 2.34. The largest absolute Gasteiger partial charge is 0.491 e. The van der Waals surface area contributed by atoms with E-state index in [9.17, 15) is 9.59 Å². The first-order valence-corrected chi connectivity index (χ1v) is 12.5. The maximum atomic E-state index is 13.6. The Bertz CT molecular complexity index is 993. The standard InChI is InChI=1S/C26H37N3O3S/c1-17(2)27-25(31)29(26(5,6)7)15-24(30)28-12-10-23-20(11-13-33-23)21(28)16-32-22-9-8-18(3)14-19(22)4/h8-9,11,13-14,17,21H,10,12,15-16H2,1-7H3,(H,27,31). The van der Waals surface area contributed by atoms with E-state index in [-0.39, 0.29) is 30.6 Å².